The van der Waals surface area contributed by atoms with Gasteiger partial charge in [-0.05, 0) is 43.3 Å². The molecule has 0 spiro atoms. The maximum Gasteiger partial charge on any atom is 0.258 e. The molecule has 4 aromatic rings. The van der Waals surface area contributed by atoms with Gasteiger partial charge in [-0.15, -0.1) is 21.5 Å². The number of hydrogen-bond acceptors (Lipinski definition) is 7. The summed E-state index contributed by atoms with van der Waals surface area (Å²) >= 11 is 3.20. The van der Waals surface area contributed by atoms with Crippen LogP contribution >= 0.6 is 23.1 Å². The van der Waals surface area contributed by atoms with Crippen LogP contribution in [0.5, 0.6) is 0 Å². The molecule has 0 saturated carbocycles. The van der Waals surface area contributed by atoms with Crippen molar-refractivity contribution in [3.8, 4) is 10.7 Å². The van der Waals surface area contributed by atoms with Crippen molar-refractivity contribution in [1.82, 2.24) is 24.1 Å². The molecule has 0 unspecified atom stereocenters. The van der Waals surface area contributed by atoms with Gasteiger partial charge >= 0.3 is 0 Å². The van der Waals surface area contributed by atoms with Crippen molar-refractivity contribution < 1.29 is 4.74 Å². The highest BCUT2D eigenvalue weighted by molar-refractivity contribution is 7.98. The monoisotopic (exact) mass is 439 g/mol. The number of thioether (sulfide) groups is 1. The highest BCUT2D eigenvalue weighted by Crippen LogP contribution is 2.30. The largest absolute Gasteiger partial charge is 0.376 e. The first-order valence-corrected chi connectivity index (χ1v) is 11.8. The van der Waals surface area contributed by atoms with E-state index in [1.165, 1.54) is 0 Å². The van der Waals surface area contributed by atoms with Crippen LogP contribution in [0.15, 0.2) is 51.7 Å². The van der Waals surface area contributed by atoms with Crippen LogP contribution in [0.25, 0.3) is 16.3 Å². The van der Waals surface area contributed by atoms with E-state index in [2.05, 4.69) is 25.8 Å². The number of thiophene rings is 1. The van der Waals surface area contributed by atoms with Crippen LogP contribution in [0.4, 0.5) is 0 Å². The zero-order chi connectivity index (χ0) is 20.5. The number of hydrogen-bond donors (Lipinski definition) is 0. The molecule has 0 bridgehead atoms. The molecule has 5 rings (SSSR count). The Morgan fingerprint density at radius 3 is 3.00 bits per heavy atom. The third kappa shape index (κ3) is 3.80. The summed E-state index contributed by atoms with van der Waals surface area (Å²) in [5.41, 5.74) is 2.22. The topological polar surface area (TPSA) is 74.3 Å². The SMILES string of the molecule is Cc1cccc2nc(CSc3nnc(-c4cccs4)n3C[C@@H]3CCCO3)cc(=O)n12. The summed E-state index contributed by atoms with van der Waals surface area (Å²) in [7, 11) is 0. The van der Waals surface area contributed by atoms with Gasteiger partial charge in [-0.1, -0.05) is 23.9 Å². The molecule has 1 fully saturated rings. The average molecular weight is 440 g/mol. The Morgan fingerprint density at radius 1 is 1.27 bits per heavy atom. The molecule has 0 aliphatic carbocycles. The van der Waals surface area contributed by atoms with Crippen molar-refractivity contribution in [1.29, 1.82) is 0 Å². The van der Waals surface area contributed by atoms with Gasteiger partial charge in [0.25, 0.3) is 5.56 Å². The summed E-state index contributed by atoms with van der Waals surface area (Å²) in [6.45, 7) is 3.45. The van der Waals surface area contributed by atoms with E-state index in [1.807, 2.05) is 36.6 Å². The fourth-order valence-corrected chi connectivity index (χ4v) is 5.27. The van der Waals surface area contributed by atoms with Gasteiger partial charge in [0.05, 0.1) is 23.2 Å². The Balaban J connectivity index is 1.43. The molecule has 1 saturated heterocycles. The molecule has 154 valence electrons. The number of ether oxygens (including phenoxy) is 1. The predicted octanol–water partition coefficient (Wildman–Crippen LogP) is 3.79. The minimum Gasteiger partial charge on any atom is -0.376 e. The third-order valence-electron chi connectivity index (χ3n) is 5.15. The smallest absolute Gasteiger partial charge is 0.258 e. The number of pyridine rings is 1. The first-order chi connectivity index (χ1) is 14.7. The zero-order valence-corrected chi connectivity index (χ0v) is 18.2. The molecule has 0 amide bonds. The van der Waals surface area contributed by atoms with E-state index in [4.69, 9.17) is 4.74 Å². The summed E-state index contributed by atoms with van der Waals surface area (Å²) in [5.74, 6) is 1.42. The van der Waals surface area contributed by atoms with Crippen LogP contribution in [0.2, 0.25) is 0 Å². The second kappa shape index (κ2) is 8.33. The van der Waals surface area contributed by atoms with Crippen LogP contribution in [0.3, 0.4) is 0 Å². The Morgan fingerprint density at radius 2 is 2.20 bits per heavy atom. The van der Waals surface area contributed by atoms with Gasteiger partial charge in [0.15, 0.2) is 11.0 Å². The van der Waals surface area contributed by atoms with Crippen molar-refractivity contribution >= 4 is 28.7 Å². The van der Waals surface area contributed by atoms with E-state index in [0.29, 0.717) is 11.4 Å². The van der Waals surface area contributed by atoms with Crippen molar-refractivity contribution in [3.63, 3.8) is 0 Å². The molecule has 9 heteroatoms. The average Bonchev–Trinajstić information content (AvgIpc) is 3.49. The van der Waals surface area contributed by atoms with Crippen molar-refractivity contribution in [2.24, 2.45) is 0 Å². The minimum absolute atomic E-state index is 0.0613. The van der Waals surface area contributed by atoms with Crippen LogP contribution in [0, 0.1) is 6.92 Å². The minimum atomic E-state index is -0.0613. The maximum atomic E-state index is 12.6. The Bertz CT molecular complexity index is 1230. The van der Waals surface area contributed by atoms with Gasteiger partial charge in [-0.3, -0.25) is 13.8 Å². The number of fused-ring (bicyclic) bond motifs is 1. The predicted molar refractivity (Wildman–Crippen MR) is 118 cm³/mol. The lowest BCUT2D eigenvalue weighted by Gasteiger charge is -2.14. The quantitative estimate of drug-likeness (QED) is 0.426. The maximum absolute atomic E-state index is 12.6. The Hall–Kier alpha value is -2.49. The highest BCUT2D eigenvalue weighted by Gasteiger charge is 2.22. The lowest BCUT2D eigenvalue weighted by Crippen LogP contribution is -2.18. The molecular weight excluding hydrogens is 418 g/mol. The Labute approximate surface area is 181 Å². The second-order valence-electron chi connectivity index (χ2n) is 7.26. The molecule has 1 atom stereocenters. The van der Waals surface area contributed by atoms with Gasteiger partial charge < -0.3 is 4.74 Å². The van der Waals surface area contributed by atoms with E-state index in [9.17, 15) is 4.79 Å². The molecule has 5 heterocycles. The van der Waals surface area contributed by atoms with E-state index >= 15 is 0 Å². The number of rotatable bonds is 6. The van der Waals surface area contributed by atoms with Crippen molar-refractivity contribution in [2.75, 3.05) is 6.61 Å². The number of nitrogens with zero attached hydrogens (tertiary/aromatic N) is 5. The fourth-order valence-electron chi connectivity index (χ4n) is 3.72. The second-order valence-corrected chi connectivity index (χ2v) is 9.15. The molecule has 1 aliphatic rings. The lowest BCUT2D eigenvalue weighted by molar-refractivity contribution is 0.0953. The zero-order valence-electron chi connectivity index (χ0n) is 16.5. The molecule has 7 nitrogen and oxygen atoms in total. The molecular formula is C21H21N5O2S2. The number of aryl methyl sites for hydroxylation is 1. The summed E-state index contributed by atoms with van der Waals surface area (Å²) < 4.78 is 9.62. The normalized spacial score (nSPS) is 16.5. The molecule has 0 radical (unpaired) electrons. The van der Waals surface area contributed by atoms with Crippen LogP contribution < -0.4 is 5.56 Å². The van der Waals surface area contributed by atoms with Gasteiger partial charge in [0.2, 0.25) is 0 Å². The van der Waals surface area contributed by atoms with Crippen LogP contribution in [-0.4, -0.2) is 36.9 Å². The first kappa shape index (κ1) is 19.5. The van der Waals surface area contributed by atoms with Gasteiger partial charge in [0, 0.05) is 24.1 Å². The summed E-state index contributed by atoms with van der Waals surface area (Å²) in [6, 6.07) is 11.4. The van der Waals surface area contributed by atoms with Crippen LogP contribution in [0.1, 0.15) is 24.2 Å². The summed E-state index contributed by atoms with van der Waals surface area (Å²) in [6.07, 6.45) is 2.33. The third-order valence-corrected chi connectivity index (χ3v) is 7.02. The molecule has 1 aliphatic heterocycles. The van der Waals surface area contributed by atoms with Gasteiger partial charge in [-0.2, -0.15) is 0 Å². The summed E-state index contributed by atoms with van der Waals surface area (Å²) in [5, 5.41) is 11.8. The van der Waals surface area contributed by atoms with E-state index in [-0.39, 0.29) is 11.7 Å². The molecule has 0 aromatic carbocycles. The molecule has 0 N–H and O–H groups in total. The Kier molecular flexibility index (Phi) is 5.41. The number of aromatic nitrogens is 5. The molecule has 30 heavy (non-hydrogen) atoms. The van der Waals surface area contributed by atoms with Crippen molar-refractivity contribution in [2.45, 2.75) is 43.3 Å². The highest BCUT2D eigenvalue weighted by atomic mass is 32.2. The fraction of sp³-hybridized carbons (Fsp3) is 0.333. The lowest BCUT2D eigenvalue weighted by atomic mass is 10.2. The van der Waals surface area contributed by atoms with E-state index < -0.39 is 0 Å². The van der Waals surface area contributed by atoms with Crippen LogP contribution in [-0.2, 0) is 17.0 Å². The van der Waals surface area contributed by atoms with Gasteiger partial charge in [-0.25, -0.2) is 4.98 Å². The molecule has 4 aromatic heterocycles. The van der Waals surface area contributed by atoms with Gasteiger partial charge in [0.1, 0.15) is 5.65 Å². The van der Waals surface area contributed by atoms with E-state index in [1.54, 1.807) is 33.6 Å². The summed E-state index contributed by atoms with van der Waals surface area (Å²) in [4.78, 5) is 18.3. The van der Waals surface area contributed by atoms with E-state index in [0.717, 1.165) is 53.2 Å². The van der Waals surface area contributed by atoms with Crippen molar-refractivity contribution in [3.05, 3.63) is 63.5 Å². The standard InChI is InChI=1S/C21H21N5O2S2/c1-14-5-2-8-18-22-15(11-19(27)26(14)18)13-30-21-24-23-20(17-7-4-10-29-17)25(21)12-16-6-3-9-28-16/h2,4-5,7-8,10-11,16H,3,6,9,12-13H2,1H3/t16-/m0/s1. The first-order valence-electron chi connectivity index (χ1n) is 9.89.